The highest BCUT2D eigenvalue weighted by molar-refractivity contribution is 7.93. The van der Waals surface area contributed by atoms with Gasteiger partial charge in [-0.3, -0.25) is 0 Å². The van der Waals surface area contributed by atoms with Crippen molar-refractivity contribution in [2.75, 3.05) is 13.4 Å². The molecule has 2 rings (SSSR count). The van der Waals surface area contributed by atoms with Crippen LogP contribution in [0.1, 0.15) is 5.56 Å². The lowest BCUT2D eigenvalue weighted by atomic mass is 10.3. The fraction of sp³-hybridized carbons (Fsp3) is 0.133. The average Bonchev–Trinajstić information content (AvgIpc) is 2.92. The van der Waals surface area contributed by atoms with E-state index >= 15 is 0 Å². The van der Waals surface area contributed by atoms with Crippen LogP contribution in [-0.4, -0.2) is 23.5 Å². The van der Waals surface area contributed by atoms with Gasteiger partial charge in [0.05, 0.1) is 22.5 Å². The summed E-state index contributed by atoms with van der Waals surface area (Å²) >= 11 is 1.44. The van der Waals surface area contributed by atoms with Gasteiger partial charge in [-0.05, 0) is 18.2 Å². The number of methoxy groups -OCH3 is 1. The molecule has 0 fully saturated rings. The van der Waals surface area contributed by atoms with Crippen LogP contribution in [0.3, 0.4) is 0 Å². The minimum atomic E-state index is -2.52. The minimum absolute atomic E-state index is 0.438. The molecular formula is C15H15NO3S2. The predicted octanol–water partition coefficient (Wildman–Crippen LogP) is 3.72. The molecule has 0 aliphatic carbocycles. The third kappa shape index (κ3) is 4.03. The second kappa shape index (κ2) is 6.69. The first kappa shape index (κ1) is 15.5. The number of esters is 1. The zero-order valence-electron chi connectivity index (χ0n) is 11.7. The van der Waals surface area contributed by atoms with Crippen LogP contribution in [0.25, 0.3) is 6.08 Å². The smallest absolute Gasteiger partial charge is 0.330 e. The number of thiophene rings is 1. The molecule has 1 unspecified atom stereocenters. The summed E-state index contributed by atoms with van der Waals surface area (Å²) < 4.78 is 21.6. The Balaban J connectivity index is 2.38. The van der Waals surface area contributed by atoms with Crippen LogP contribution < -0.4 is 0 Å². The Hall–Kier alpha value is -1.92. The Morgan fingerprint density at radius 2 is 2.00 bits per heavy atom. The van der Waals surface area contributed by atoms with Gasteiger partial charge in [0.2, 0.25) is 0 Å². The van der Waals surface area contributed by atoms with E-state index in [0.29, 0.717) is 10.6 Å². The molecule has 110 valence electrons. The number of hydrogen-bond acceptors (Lipinski definition) is 5. The van der Waals surface area contributed by atoms with Crippen LogP contribution in [0.4, 0.5) is 5.69 Å². The summed E-state index contributed by atoms with van der Waals surface area (Å²) in [6.45, 7) is 0. The van der Waals surface area contributed by atoms with Crippen molar-refractivity contribution in [2.24, 2.45) is 4.36 Å². The number of hydrogen-bond donors (Lipinski definition) is 0. The van der Waals surface area contributed by atoms with E-state index in [1.165, 1.54) is 24.5 Å². The largest absolute Gasteiger partial charge is 0.466 e. The molecule has 1 aromatic heterocycles. The quantitative estimate of drug-likeness (QED) is 0.637. The van der Waals surface area contributed by atoms with E-state index < -0.39 is 15.7 Å². The highest BCUT2D eigenvalue weighted by Crippen LogP contribution is 2.28. The molecule has 2 aromatic rings. The van der Waals surface area contributed by atoms with Crippen LogP contribution in [-0.2, 0) is 19.3 Å². The number of carbonyl (C=O) groups excluding carboxylic acids is 1. The van der Waals surface area contributed by atoms with E-state index in [9.17, 15) is 9.00 Å². The van der Waals surface area contributed by atoms with Crippen LogP contribution in [0.5, 0.6) is 0 Å². The molecular weight excluding hydrogens is 306 g/mol. The summed E-state index contributed by atoms with van der Waals surface area (Å²) in [6, 6.07) is 9.12. The Bertz CT molecular complexity index is 769. The van der Waals surface area contributed by atoms with Crippen LogP contribution >= 0.6 is 11.3 Å². The minimum Gasteiger partial charge on any atom is -0.466 e. The predicted molar refractivity (Wildman–Crippen MR) is 86.2 cm³/mol. The average molecular weight is 321 g/mol. The Morgan fingerprint density at radius 1 is 1.29 bits per heavy atom. The zero-order valence-corrected chi connectivity index (χ0v) is 13.3. The summed E-state index contributed by atoms with van der Waals surface area (Å²) in [6.07, 6.45) is 4.54. The second-order valence-corrected chi connectivity index (χ2v) is 7.28. The van der Waals surface area contributed by atoms with Crippen molar-refractivity contribution in [1.29, 1.82) is 0 Å². The third-order valence-corrected chi connectivity index (χ3v) is 5.16. The number of benzene rings is 1. The SMILES string of the molecule is COC(=O)/C=C/c1cscc1N=S(C)(=O)c1ccccc1. The topological polar surface area (TPSA) is 55.7 Å². The van der Waals surface area contributed by atoms with Crippen molar-refractivity contribution < 1.29 is 13.7 Å². The van der Waals surface area contributed by atoms with E-state index in [0.717, 1.165) is 5.56 Å². The molecule has 0 radical (unpaired) electrons. The first-order valence-electron chi connectivity index (χ1n) is 6.12. The van der Waals surface area contributed by atoms with E-state index in [4.69, 9.17) is 0 Å². The summed E-state index contributed by atoms with van der Waals surface area (Å²) in [7, 11) is -1.20. The number of nitrogens with zero attached hydrogens (tertiary/aromatic N) is 1. The lowest BCUT2D eigenvalue weighted by Gasteiger charge is -2.03. The molecule has 1 atom stereocenters. The Morgan fingerprint density at radius 3 is 2.67 bits per heavy atom. The number of ether oxygens (including phenoxy) is 1. The molecule has 6 heteroatoms. The molecule has 1 heterocycles. The summed E-state index contributed by atoms with van der Waals surface area (Å²) in [5.41, 5.74) is 1.35. The van der Waals surface area contributed by atoms with Gasteiger partial charge in [0.15, 0.2) is 0 Å². The van der Waals surface area contributed by atoms with Crippen molar-refractivity contribution in [3.8, 4) is 0 Å². The first-order chi connectivity index (χ1) is 10.0. The van der Waals surface area contributed by atoms with E-state index in [1.54, 1.807) is 24.5 Å². The molecule has 0 aliphatic heterocycles. The maximum Gasteiger partial charge on any atom is 0.330 e. The van der Waals surface area contributed by atoms with Crippen molar-refractivity contribution in [3.05, 3.63) is 52.7 Å². The van der Waals surface area contributed by atoms with Gasteiger partial charge in [-0.2, -0.15) is 4.36 Å². The normalized spacial score (nSPS) is 13.8. The van der Waals surface area contributed by atoms with Crippen molar-refractivity contribution >= 4 is 38.8 Å². The molecule has 0 saturated heterocycles. The molecule has 0 saturated carbocycles. The monoisotopic (exact) mass is 321 g/mol. The van der Waals surface area contributed by atoms with Gasteiger partial charge in [0, 0.05) is 33.6 Å². The number of rotatable bonds is 4. The zero-order chi connectivity index (χ0) is 15.3. The van der Waals surface area contributed by atoms with Gasteiger partial charge in [-0.15, -0.1) is 11.3 Å². The van der Waals surface area contributed by atoms with Gasteiger partial charge in [0.25, 0.3) is 0 Å². The Labute approximate surface area is 128 Å². The van der Waals surface area contributed by atoms with Gasteiger partial charge in [-0.25, -0.2) is 9.00 Å². The molecule has 0 spiro atoms. The first-order valence-corrected chi connectivity index (χ1v) is 8.99. The maximum absolute atomic E-state index is 12.7. The van der Waals surface area contributed by atoms with Crippen molar-refractivity contribution in [2.45, 2.75) is 4.90 Å². The Kier molecular flexibility index (Phi) is 4.93. The molecule has 21 heavy (non-hydrogen) atoms. The van der Waals surface area contributed by atoms with Gasteiger partial charge in [-0.1, -0.05) is 18.2 Å². The second-order valence-electron chi connectivity index (χ2n) is 4.28. The molecule has 4 nitrogen and oxygen atoms in total. The highest BCUT2D eigenvalue weighted by Gasteiger charge is 2.08. The third-order valence-electron chi connectivity index (χ3n) is 2.72. The van der Waals surface area contributed by atoms with E-state index in [2.05, 4.69) is 9.10 Å². The fourth-order valence-corrected chi connectivity index (χ4v) is 3.74. The lowest BCUT2D eigenvalue weighted by Crippen LogP contribution is -1.96. The van der Waals surface area contributed by atoms with E-state index in [1.807, 2.05) is 29.0 Å². The number of carbonyl (C=O) groups is 1. The molecule has 0 amide bonds. The summed E-state index contributed by atoms with van der Waals surface area (Å²) in [5.74, 6) is -0.438. The van der Waals surface area contributed by atoms with Crippen LogP contribution in [0.2, 0.25) is 0 Å². The van der Waals surface area contributed by atoms with Gasteiger partial charge < -0.3 is 4.74 Å². The fourth-order valence-electron chi connectivity index (χ4n) is 1.64. The van der Waals surface area contributed by atoms with Crippen molar-refractivity contribution in [1.82, 2.24) is 0 Å². The van der Waals surface area contributed by atoms with Crippen LogP contribution in [0.15, 0.2) is 56.4 Å². The molecule has 0 N–H and O–H groups in total. The molecule has 1 aromatic carbocycles. The highest BCUT2D eigenvalue weighted by atomic mass is 32.2. The van der Waals surface area contributed by atoms with Crippen LogP contribution in [0, 0.1) is 0 Å². The van der Waals surface area contributed by atoms with Crippen molar-refractivity contribution in [3.63, 3.8) is 0 Å². The van der Waals surface area contributed by atoms with Gasteiger partial charge >= 0.3 is 5.97 Å². The van der Waals surface area contributed by atoms with Gasteiger partial charge in [0.1, 0.15) is 0 Å². The standard InChI is InChI=1S/C15H15NO3S2/c1-19-15(17)9-8-12-10-20-11-14(12)16-21(2,18)13-6-4-3-5-7-13/h3-11H,1-2H3/b9-8+. The summed E-state index contributed by atoms with van der Waals surface area (Å²) in [4.78, 5) is 11.8. The molecule has 0 aliphatic rings. The maximum atomic E-state index is 12.7. The summed E-state index contributed by atoms with van der Waals surface area (Å²) in [5, 5.41) is 3.65. The lowest BCUT2D eigenvalue weighted by molar-refractivity contribution is -0.134. The van der Waals surface area contributed by atoms with E-state index in [-0.39, 0.29) is 0 Å². The molecule has 0 bridgehead atoms.